The summed E-state index contributed by atoms with van der Waals surface area (Å²) in [6.45, 7) is 1.97. The number of nitrogens with two attached hydrogens (primary N) is 1. The van der Waals surface area contributed by atoms with Crippen LogP contribution in [0.25, 0.3) is 16.9 Å². The maximum atomic E-state index is 12.0. The molecule has 1 aromatic carbocycles. The fourth-order valence-electron chi connectivity index (χ4n) is 1.94. The van der Waals surface area contributed by atoms with Gasteiger partial charge in [-0.1, -0.05) is 12.1 Å². The zero-order valence-electron chi connectivity index (χ0n) is 9.71. The van der Waals surface area contributed by atoms with Crippen LogP contribution in [-0.4, -0.2) is 19.5 Å². The Morgan fingerprint density at radius 3 is 2.94 bits per heavy atom. The van der Waals surface area contributed by atoms with Gasteiger partial charge in [0.25, 0.3) is 0 Å². The van der Waals surface area contributed by atoms with Crippen molar-refractivity contribution in [2.75, 3.05) is 5.73 Å². The minimum atomic E-state index is -0.275. The third-order valence-electron chi connectivity index (χ3n) is 2.76. The van der Waals surface area contributed by atoms with Crippen LogP contribution < -0.4 is 11.4 Å². The van der Waals surface area contributed by atoms with Crippen LogP contribution >= 0.6 is 0 Å². The van der Waals surface area contributed by atoms with E-state index in [9.17, 15) is 4.79 Å². The van der Waals surface area contributed by atoms with Crippen molar-refractivity contribution in [3.63, 3.8) is 0 Å². The van der Waals surface area contributed by atoms with Crippen LogP contribution in [0.15, 0.2) is 35.4 Å². The number of aryl methyl sites for hydroxylation is 1. The molecule has 0 bridgehead atoms. The molecule has 18 heavy (non-hydrogen) atoms. The van der Waals surface area contributed by atoms with Gasteiger partial charge in [-0.15, -0.1) is 0 Å². The normalized spacial score (nSPS) is 10.9. The van der Waals surface area contributed by atoms with Crippen LogP contribution in [0, 0.1) is 6.92 Å². The molecule has 0 saturated carbocycles. The van der Waals surface area contributed by atoms with E-state index < -0.39 is 0 Å². The lowest BCUT2D eigenvalue weighted by Crippen LogP contribution is -2.14. The number of anilines is 1. The largest absolute Gasteiger partial charge is 0.382 e. The lowest BCUT2D eigenvalue weighted by molar-refractivity contribution is 0.995. The van der Waals surface area contributed by atoms with Gasteiger partial charge in [0.05, 0.1) is 5.69 Å². The topological polar surface area (TPSA) is 89.6 Å². The molecule has 2 aromatic heterocycles. The van der Waals surface area contributed by atoms with Gasteiger partial charge in [-0.05, 0) is 24.6 Å². The number of fused-ring (bicyclic) bond motifs is 1. The van der Waals surface area contributed by atoms with Crippen molar-refractivity contribution >= 4 is 17.0 Å². The first-order valence-electron chi connectivity index (χ1n) is 5.45. The third kappa shape index (κ3) is 1.46. The molecule has 0 fully saturated rings. The van der Waals surface area contributed by atoms with Crippen molar-refractivity contribution in [2.45, 2.75) is 6.92 Å². The number of benzene rings is 1. The second-order valence-corrected chi connectivity index (χ2v) is 4.06. The van der Waals surface area contributed by atoms with Gasteiger partial charge in [-0.3, -0.25) is 0 Å². The van der Waals surface area contributed by atoms with Gasteiger partial charge in [-0.2, -0.15) is 0 Å². The Morgan fingerprint density at radius 1 is 1.33 bits per heavy atom. The number of aromatic amines is 1. The minimum Gasteiger partial charge on any atom is -0.382 e. The second-order valence-electron chi connectivity index (χ2n) is 4.06. The highest BCUT2D eigenvalue weighted by Gasteiger charge is 2.12. The molecule has 0 aliphatic carbocycles. The molecule has 0 spiro atoms. The summed E-state index contributed by atoms with van der Waals surface area (Å²) in [5.41, 5.74) is 8.20. The van der Waals surface area contributed by atoms with Crippen LogP contribution in [0.1, 0.15) is 5.56 Å². The summed E-state index contributed by atoms with van der Waals surface area (Å²) in [6, 6.07) is 7.61. The fraction of sp³-hybridized carbons (Fsp3) is 0.0833. The third-order valence-corrected chi connectivity index (χ3v) is 2.76. The molecule has 0 unspecified atom stereocenters. The highest BCUT2D eigenvalue weighted by Crippen LogP contribution is 2.16. The standard InChI is InChI=1S/C12H11N5O/c1-7-3-2-4-8(5-7)17-11-9(16-12(17)18)10(13)14-6-15-11/h2-6H,1H3,(H,16,18)(H2,13,14,15). The van der Waals surface area contributed by atoms with E-state index in [0.717, 1.165) is 11.3 Å². The molecule has 2 heterocycles. The molecule has 0 aliphatic heterocycles. The van der Waals surface area contributed by atoms with E-state index in [4.69, 9.17) is 5.73 Å². The summed E-state index contributed by atoms with van der Waals surface area (Å²) < 4.78 is 1.49. The van der Waals surface area contributed by atoms with Crippen molar-refractivity contribution in [3.8, 4) is 5.69 Å². The van der Waals surface area contributed by atoms with Crippen LogP contribution in [-0.2, 0) is 0 Å². The maximum Gasteiger partial charge on any atom is 0.332 e. The number of aromatic nitrogens is 4. The fourth-order valence-corrected chi connectivity index (χ4v) is 1.94. The van der Waals surface area contributed by atoms with E-state index in [1.54, 1.807) is 0 Å². The lowest BCUT2D eigenvalue weighted by atomic mass is 10.2. The van der Waals surface area contributed by atoms with E-state index in [2.05, 4.69) is 15.0 Å². The van der Waals surface area contributed by atoms with Gasteiger partial charge in [0.1, 0.15) is 11.8 Å². The smallest absolute Gasteiger partial charge is 0.332 e. The van der Waals surface area contributed by atoms with Crippen LogP contribution in [0.2, 0.25) is 0 Å². The van der Waals surface area contributed by atoms with Crippen LogP contribution in [0.4, 0.5) is 5.82 Å². The minimum absolute atomic E-state index is 0.267. The van der Waals surface area contributed by atoms with Gasteiger partial charge in [0.2, 0.25) is 0 Å². The SMILES string of the molecule is Cc1cccc(-n2c(=O)[nH]c3c(N)ncnc32)c1. The van der Waals surface area contributed by atoms with Gasteiger partial charge in [0.15, 0.2) is 11.5 Å². The first-order valence-corrected chi connectivity index (χ1v) is 5.45. The maximum absolute atomic E-state index is 12.0. The quantitative estimate of drug-likeness (QED) is 0.665. The Hall–Kier alpha value is -2.63. The number of nitrogens with zero attached hydrogens (tertiary/aromatic N) is 3. The van der Waals surface area contributed by atoms with Gasteiger partial charge in [0, 0.05) is 0 Å². The molecule has 0 atom stereocenters. The Labute approximate surface area is 102 Å². The van der Waals surface area contributed by atoms with Gasteiger partial charge >= 0.3 is 5.69 Å². The monoisotopic (exact) mass is 241 g/mol. The zero-order chi connectivity index (χ0) is 12.7. The van der Waals surface area contributed by atoms with Gasteiger partial charge < -0.3 is 10.7 Å². The number of nitrogens with one attached hydrogen (secondary N) is 1. The molecule has 0 aliphatic rings. The Morgan fingerprint density at radius 2 is 2.17 bits per heavy atom. The number of imidazole rings is 1. The molecular weight excluding hydrogens is 230 g/mol. The molecule has 0 amide bonds. The summed E-state index contributed by atoms with van der Waals surface area (Å²) in [4.78, 5) is 22.6. The Kier molecular flexibility index (Phi) is 2.16. The first-order chi connectivity index (χ1) is 8.66. The molecular formula is C12H11N5O. The van der Waals surface area contributed by atoms with Crippen molar-refractivity contribution in [1.82, 2.24) is 19.5 Å². The summed E-state index contributed by atoms with van der Waals surface area (Å²) >= 11 is 0. The average molecular weight is 241 g/mol. The highest BCUT2D eigenvalue weighted by molar-refractivity contribution is 5.82. The summed E-state index contributed by atoms with van der Waals surface area (Å²) in [6.07, 6.45) is 1.34. The predicted molar refractivity (Wildman–Crippen MR) is 68.6 cm³/mol. The molecule has 3 rings (SSSR count). The molecule has 90 valence electrons. The van der Waals surface area contributed by atoms with Crippen LogP contribution in [0.3, 0.4) is 0 Å². The summed E-state index contributed by atoms with van der Waals surface area (Å²) in [5, 5.41) is 0. The first kappa shape index (κ1) is 10.5. The molecule has 3 N–H and O–H groups in total. The molecule has 3 aromatic rings. The van der Waals surface area contributed by atoms with E-state index in [1.807, 2.05) is 31.2 Å². The highest BCUT2D eigenvalue weighted by atomic mass is 16.1. The van der Waals surface area contributed by atoms with Crippen molar-refractivity contribution < 1.29 is 0 Å². The van der Waals surface area contributed by atoms with E-state index in [-0.39, 0.29) is 11.5 Å². The average Bonchev–Trinajstić information content (AvgIpc) is 2.67. The molecule has 0 radical (unpaired) electrons. The number of hydrogen-bond donors (Lipinski definition) is 2. The van der Waals surface area contributed by atoms with Crippen molar-refractivity contribution in [1.29, 1.82) is 0 Å². The predicted octanol–water partition coefficient (Wildman–Crippen LogP) is 0.999. The molecule has 6 heteroatoms. The van der Waals surface area contributed by atoms with E-state index in [1.165, 1.54) is 10.9 Å². The zero-order valence-corrected chi connectivity index (χ0v) is 9.71. The van der Waals surface area contributed by atoms with Crippen LogP contribution in [0.5, 0.6) is 0 Å². The Bertz CT molecular complexity index is 787. The number of H-pyrrole nitrogens is 1. The second kappa shape index (κ2) is 3.69. The van der Waals surface area contributed by atoms with Crippen molar-refractivity contribution in [2.24, 2.45) is 0 Å². The number of hydrogen-bond acceptors (Lipinski definition) is 4. The molecule has 0 saturated heterocycles. The van der Waals surface area contributed by atoms with E-state index >= 15 is 0 Å². The number of nitrogen functional groups attached to an aromatic ring is 1. The lowest BCUT2D eigenvalue weighted by Gasteiger charge is -2.03. The van der Waals surface area contributed by atoms with Gasteiger partial charge in [-0.25, -0.2) is 19.3 Å². The van der Waals surface area contributed by atoms with E-state index in [0.29, 0.717) is 11.2 Å². The Balaban J connectivity index is 2.39. The molecule has 6 nitrogen and oxygen atoms in total. The van der Waals surface area contributed by atoms with Crippen molar-refractivity contribution in [3.05, 3.63) is 46.6 Å². The number of rotatable bonds is 1. The summed E-state index contributed by atoms with van der Waals surface area (Å²) in [5.74, 6) is 0.267. The summed E-state index contributed by atoms with van der Waals surface area (Å²) in [7, 11) is 0.